The Hall–Kier alpha value is -1.07. The second kappa shape index (κ2) is 4.07. The van der Waals surface area contributed by atoms with Crippen LogP contribution >= 0.6 is 15.9 Å². The lowest BCUT2D eigenvalue weighted by Gasteiger charge is -2.07. The standard InChI is InChI=1S/C11H10BrNO2S/c1-9-11(12)7-8-13(9)16(14,15)10-5-3-2-4-6-10/h2-8H,1H3. The fraction of sp³-hybridized carbons (Fsp3) is 0.0909. The van der Waals surface area contributed by atoms with Gasteiger partial charge in [-0.05, 0) is 41.1 Å². The molecule has 2 rings (SSSR count). The van der Waals surface area contributed by atoms with Gasteiger partial charge < -0.3 is 0 Å². The molecule has 0 spiro atoms. The van der Waals surface area contributed by atoms with Gasteiger partial charge in [0, 0.05) is 16.4 Å². The normalized spacial score (nSPS) is 11.6. The molecule has 0 saturated carbocycles. The number of benzene rings is 1. The second-order valence-corrected chi connectivity index (χ2v) is 6.03. The van der Waals surface area contributed by atoms with Crippen molar-refractivity contribution in [2.24, 2.45) is 0 Å². The molecule has 3 nitrogen and oxygen atoms in total. The highest BCUT2D eigenvalue weighted by molar-refractivity contribution is 9.10. The molecule has 84 valence electrons. The molecule has 0 amide bonds. The SMILES string of the molecule is Cc1c(Br)ccn1S(=O)(=O)c1ccccc1. The summed E-state index contributed by atoms with van der Waals surface area (Å²) in [4.78, 5) is 0.293. The van der Waals surface area contributed by atoms with Crippen molar-refractivity contribution in [3.8, 4) is 0 Å². The molecule has 16 heavy (non-hydrogen) atoms. The summed E-state index contributed by atoms with van der Waals surface area (Å²) in [6.45, 7) is 1.75. The third kappa shape index (κ3) is 1.81. The summed E-state index contributed by atoms with van der Waals surface area (Å²) < 4.78 is 26.5. The van der Waals surface area contributed by atoms with Crippen molar-refractivity contribution in [2.45, 2.75) is 11.8 Å². The summed E-state index contributed by atoms with van der Waals surface area (Å²) in [5.74, 6) is 0. The van der Waals surface area contributed by atoms with Crippen molar-refractivity contribution in [1.82, 2.24) is 3.97 Å². The van der Waals surface area contributed by atoms with Crippen LogP contribution in [-0.2, 0) is 10.0 Å². The maximum atomic E-state index is 12.2. The quantitative estimate of drug-likeness (QED) is 0.855. The Morgan fingerprint density at radius 2 is 1.75 bits per heavy atom. The van der Waals surface area contributed by atoms with Gasteiger partial charge in [0.2, 0.25) is 0 Å². The van der Waals surface area contributed by atoms with Gasteiger partial charge in [0.15, 0.2) is 0 Å². The predicted octanol–water partition coefficient (Wildman–Crippen LogP) is 2.80. The zero-order chi connectivity index (χ0) is 11.8. The largest absolute Gasteiger partial charge is 0.267 e. The zero-order valence-corrected chi connectivity index (χ0v) is 11.0. The fourth-order valence-corrected chi connectivity index (χ4v) is 3.27. The molecular formula is C11H10BrNO2S. The molecule has 5 heteroatoms. The van der Waals surface area contributed by atoms with Gasteiger partial charge in [-0.1, -0.05) is 18.2 Å². The average molecular weight is 300 g/mol. The Morgan fingerprint density at radius 1 is 1.12 bits per heavy atom. The lowest BCUT2D eigenvalue weighted by molar-refractivity contribution is 0.586. The Balaban J connectivity index is 2.61. The maximum Gasteiger partial charge on any atom is 0.267 e. The summed E-state index contributed by atoms with van der Waals surface area (Å²) >= 11 is 3.30. The first-order valence-electron chi connectivity index (χ1n) is 4.67. The summed E-state index contributed by atoms with van der Waals surface area (Å²) in [5, 5.41) is 0. The molecule has 0 aliphatic carbocycles. The molecule has 0 bridgehead atoms. The van der Waals surface area contributed by atoms with E-state index in [2.05, 4.69) is 15.9 Å². The average Bonchev–Trinajstić information content (AvgIpc) is 2.61. The number of nitrogens with zero attached hydrogens (tertiary/aromatic N) is 1. The van der Waals surface area contributed by atoms with E-state index in [0.717, 1.165) is 4.47 Å². The Labute approximate surface area is 103 Å². The van der Waals surface area contributed by atoms with E-state index < -0.39 is 10.0 Å². The van der Waals surface area contributed by atoms with E-state index in [4.69, 9.17) is 0 Å². The zero-order valence-electron chi connectivity index (χ0n) is 8.59. The summed E-state index contributed by atoms with van der Waals surface area (Å²) in [6.07, 6.45) is 1.54. The monoisotopic (exact) mass is 299 g/mol. The first kappa shape index (κ1) is 11.4. The predicted molar refractivity (Wildman–Crippen MR) is 65.9 cm³/mol. The van der Waals surface area contributed by atoms with Crippen LogP contribution < -0.4 is 0 Å². The van der Waals surface area contributed by atoms with Crippen LogP contribution in [-0.4, -0.2) is 12.4 Å². The molecule has 0 aliphatic rings. The van der Waals surface area contributed by atoms with Gasteiger partial charge >= 0.3 is 0 Å². The van der Waals surface area contributed by atoms with Gasteiger partial charge in [0.1, 0.15) is 0 Å². The first-order chi connectivity index (χ1) is 7.53. The molecule has 2 aromatic rings. The minimum atomic E-state index is -3.46. The highest BCUT2D eigenvalue weighted by atomic mass is 79.9. The number of hydrogen-bond donors (Lipinski definition) is 0. The van der Waals surface area contributed by atoms with Crippen molar-refractivity contribution >= 4 is 26.0 Å². The van der Waals surface area contributed by atoms with Crippen molar-refractivity contribution in [2.75, 3.05) is 0 Å². The summed E-state index contributed by atoms with van der Waals surface area (Å²) in [6, 6.07) is 10.1. The van der Waals surface area contributed by atoms with E-state index in [1.54, 1.807) is 49.5 Å². The Kier molecular flexibility index (Phi) is 2.90. The van der Waals surface area contributed by atoms with E-state index in [-0.39, 0.29) is 0 Å². The van der Waals surface area contributed by atoms with E-state index in [0.29, 0.717) is 10.6 Å². The van der Waals surface area contributed by atoms with Crippen LogP contribution in [0.3, 0.4) is 0 Å². The third-order valence-electron chi connectivity index (χ3n) is 2.33. The summed E-state index contributed by atoms with van der Waals surface area (Å²) in [5.41, 5.74) is 0.670. The fourth-order valence-electron chi connectivity index (χ4n) is 1.44. The topological polar surface area (TPSA) is 39.1 Å². The molecule has 1 aromatic heterocycles. The van der Waals surface area contributed by atoms with Crippen molar-refractivity contribution in [3.63, 3.8) is 0 Å². The van der Waals surface area contributed by atoms with Gasteiger partial charge in [0.05, 0.1) is 4.90 Å². The van der Waals surface area contributed by atoms with Crippen LogP contribution in [0.1, 0.15) is 5.69 Å². The van der Waals surface area contributed by atoms with E-state index in [1.807, 2.05) is 0 Å². The van der Waals surface area contributed by atoms with Gasteiger partial charge in [-0.25, -0.2) is 12.4 Å². The van der Waals surface area contributed by atoms with Crippen molar-refractivity contribution in [3.05, 3.63) is 52.8 Å². The number of aromatic nitrogens is 1. The van der Waals surface area contributed by atoms with E-state index in [9.17, 15) is 8.42 Å². The van der Waals surface area contributed by atoms with Crippen LogP contribution in [0.2, 0.25) is 0 Å². The van der Waals surface area contributed by atoms with Crippen LogP contribution in [0.4, 0.5) is 0 Å². The summed E-state index contributed by atoms with van der Waals surface area (Å²) in [7, 11) is -3.46. The second-order valence-electron chi connectivity index (χ2n) is 3.36. The number of hydrogen-bond acceptors (Lipinski definition) is 2. The van der Waals surface area contributed by atoms with Crippen LogP contribution in [0, 0.1) is 6.92 Å². The molecule has 1 heterocycles. The van der Waals surface area contributed by atoms with Gasteiger partial charge in [-0.3, -0.25) is 0 Å². The smallest absolute Gasteiger partial charge is 0.245 e. The molecule has 1 aromatic carbocycles. The molecule has 0 fully saturated rings. The van der Waals surface area contributed by atoms with Crippen LogP contribution in [0.5, 0.6) is 0 Å². The van der Waals surface area contributed by atoms with Gasteiger partial charge in [-0.15, -0.1) is 0 Å². The van der Waals surface area contributed by atoms with Crippen LogP contribution in [0.15, 0.2) is 52.0 Å². The molecule has 0 atom stereocenters. The highest BCUT2D eigenvalue weighted by Gasteiger charge is 2.18. The lowest BCUT2D eigenvalue weighted by atomic mass is 10.4. The lowest BCUT2D eigenvalue weighted by Crippen LogP contribution is -2.13. The van der Waals surface area contributed by atoms with E-state index >= 15 is 0 Å². The van der Waals surface area contributed by atoms with Gasteiger partial charge in [0.25, 0.3) is 10.0 Å². The van der Waals surface area contributed by atoms with E-state index in [1.165, 1.54) is 3.97 Å². The molecule has 0 aliphatic heterocycles. The Bertz CT molecular complexity index is 602. The third-order valence-corrected chi connectivity index (χ3v) is 4.95. The molecular weight excluding hydrogens is 290 g/mol. The molecule has 0 saturated heterocycles. The first-order valence-corrected chi connectivity index (χ1v) is 6.91. The minimum absolute atomic E-state index is 0.293. The van der Waals surface area contributed by atoms with Crippen LogP contribution in [0.25, 0.3) is 0 Å². The van der Waals surface area contributed by atoms with Crippen molar-refractivity contribution < 1.29 is 8.42 Å². The number of rotatable bonds is 2. The van der Waals surface area contributed by atoms with Gasteiger partial charge in [-0.2, -0.15) is 0 Å². The highest BCUT2D eigenvalue weighted by Crippen LogP contribution is 2.22. The molecule has 0 unspecified atom stereocenters. The minimum Gasteiger partial charge on any atom is -0.245 e. The molecule has 0 radical (unpaired) electrons. The Morgan fingerprint density at radius 3 is 2.25 bits per heavy atom. The molecule has 0 N–H and O–H groups in total. The number of halogens is 1. The maximum absolute atomic E-state index is 12.2. The van der Waals surface area contributed by atoms with Crippen molar-refractivity contribution in [1.29, 1.82) is 0 Å².